The molecule has 0 aliphatic rings. The van der Waals surface area contributed by atoms with Crippen molar-refractivity contribution in [2.45, 2.75) is 6.92 Å². The SMILES string of the molecule is CC(=O)c1ccc(C(=O)Nc2ccc([N+](=O)[O-])cc2)[nH]1. The van der Waals surface area contributed by atoms with Gasteiger partial charge in [0, 0.05) is 24.7 Å². The van der Waals surface area contributed by atoms with E-state index in [-0.39, 0.29) is 17.2 Å². The van der Waals surface area contributed by atoms with Crippen molar-refractivity contribution in [1.29, 1.82) is 0 Å². The van der Waals surface area contributed by atoms with Crippen LogP contribution in [0.15, 0.2) is 36.4 Å². The molecule has 0 bridgehead atoms. The molecule has 20 heavy (non-hydrogen) atoms. The molecule has 0 saturated carbocycles. The van der Waals surface area contributed by atoms with Gasteiger partial charge in [-0.05, 0) is 24.3 Å². The topological polar surface area (TPSA) is 105 Å². The van der Waals surface area contributed by atoms with Crippen LogP contribution >= 0.6 is 0 Å². The maximum Gasteiger partial charge on any atom is 0.272 e. The molecule has 0 saturated heterocycles. The van der Waals surface area contributed by atoms with E-state index in [0.717, 1.165) is 0 Å². The maximum absolute atomic E-state index is 11.9. The van der Waals surface area contributed by atoms with E-state index in [0.29, 0.717) is 11.4 Å². The Hall–Kier alpha value is -2.96. The van der Waals surface area contributed by atoms with Crippen molar-refractivity contribution in [1.82, 2.24) is 4.98 Å². The van der Waals surface area contributed by atoms with Gasteiger partial charge < -0.3 is 10.3 Å². The molecule has 0 aliphatic heterocycles. The largest absolute Gasteiger partial charge is 0.348 e. The summed E-state index contributed by atoms with van der Waals surface area (Å²) in [7, 11) is 0. The highest BCUT2D eigenvalue weighted by molar-refractivity contribution is 6.04. The number of nitrogens with one attached hydrogen (secondary N) is 2. The summed E-state index contributed by atoms with van der Waals surface area (Å²) in [5, 5.41) is 13.1. The van der Waals surface area contributed by atoms with Crippen LogP contribution < -0.4 is 5.32 Å². The van der Waals surface area contributed by atoms with E-state index in [1.54, 1.807) is 0 Å². The molecule has 7 nitrogen and oxygen atoms in total. The second-order valence-electron chi connectivity index (χ2n) is 4.10. The average Bonchev–Trinajstić information content (AvgIpc) is 2.89. The van der Waals surface area contributed by atoms with Gasteiger partial charge in [-0.15, -0.1) is 0 Å². The zero-order chi connectivity index (χ0) is 14.7. The second-order valence-corrected chi connectivity index (χ2v) is 4.10. The van der Waals surface area contributed by atoms with Crippen LogP contribution in [-0.2, 0) is 0 Å². The number of Topliss-reactive ketones (excluding diaryl/α,β-unsaturated/α-hetero) is 1. The lowest BCUT2D eigenvalue weighted by Crippen LogP contribution is -2.12. The first-order chi connectivity index (χ1) is 9.47. The van der Waals surface area contributed by atoms with Crippen LogP contribution in [0.4, 0.5) is 11.4 Å². The molecule has 1 aromatic heterocycles. The highest BCUT2D eigenvalue weighted by Gasteiger charge is 2.11. The van der Waals surface area contributed by atoms with Gasteiger partial charge in [-0.1, -0.05) is 0 Å². The normalized spacial score (nSPS) is 10.1. The number of aromatic nitrogens is 1. The fourth-order valence-corrected chi connectivity index (χ4v) is 1.60. The predicted octanol–water partition coefficient (Wildman–Crippen LogP) is 2.38. The van der Waals surface area contributed by atoms with Gasteiger partial charge in [0.2, 0.25) is 0 Å². The van der Waals surface area contributed by atoms with E-state index >= 15 is 0 Å². The number of nitro benzene ring substituents is 1. The lowest BCUT2D eigenvalue weighted by Gasteiger charge is -2.03. The van der Waals surface area contributed by atoms with Crippen LogP contribution in [0.3, 0.4) is 0 Å². The Morgan fingerprint density at radius 3 is 2.20 bits per heavy atom. The summed E-state index contributed by atoms with van der Waals surface area (Å²) in [4.78, 5) is 35.7. The number of nitrogens with zero attached hydrogens (tertiary/aromatic N) is 1. The monoisotopic (exact) mass is 273 g/mol. The predicted molar refractivity (Wildman–Crippen MR) is 71.8 cm³/mol. The number of amides is 1. The Bertz CT molecular complexity index is 673. The fourth-order valence-electron chi connectivity index (χ4n) is 1.60. The highest BCUT2D eigenvalue weighted by atomic mass is 16.6. The van der Waals surface area contributed by atoms with Crippen molar-refractivity contribution >= 4 is 23.1 Å². The van der Waals surface area contributed by atoms with Gasteiger partial charge in [0.05, 0.1) is 10.6 Å². The van der Waals surface area contributed by atoms with Gasteiger partial charge in [0.15, 0.2) is 5.78 Å². The summed E-state index contributed by atoms with van der Waals surface area (Å²) < 4.78 is 0. The standard InChI is InChI=1S/C13H11N3O4/c1-8(17)11-6-7-12(15-11)13(18)14-9-2-4-10(5-3-9)16(19)20/h2-7,15H,1H3,(H,14,18). The van der Waals surface area contributed by atoms with E-state index in [1.165, 1.54) is 43.3 Å². The minimum atomic E-state index is -0.518. The first-order valence-corrected chi connectivity index (χ1v) is 5.73. The Morgan fingerprint density at radius 2 is 1.70 bits per heavy atom. The molecule has 1 amide bonds. The third-order valence-electron chi connectivity index (χ3n) is 2.65. The number of carbonyl (C=O) groups excluding carboxylic acids is 2. The minimum Gasteiger partial charge on any atom is -0.348 e. The van der Waals surface area contributed by atoms with Gasteiger partial charge in [-0.2, -0.15) is 0 Å². The second kappa shape index (κ2) is 5.35. The number of anilines is 1. The number of ketones is 1. The van der Waals surface area contributed by atoms with E-state index in [1.807, 2.05) is 0 Å². The van der Waals surface area contributed by atoms with Crippen molar-refractivity contribution in [3.05, 3.63) is 57.9 Å². The Labute approximate surface area is 113 Å². The van der Waals surface area contributed by atoms with Gasteiger partial charge in [0.25, 0.3) is 11.6 Å². The number of hydrogen-bond donors (Lipinski definition) is 2. The van der Waals surface area contributed by atoms with Crippen molar-refractivity contribution in [3.63, 3.8) is 0 Å². The molecule has 0 spiro atoms. The van der Waals surface area contributed by atoms with Crippen LogP contribution in [0.25, 0.3) is 0 Å². The van der Waals surface area contributed by atoms with E-state index in [2.05, 4.69) is 10.3 Å². The zero-order valence-electron chi connectivity index (χ0n) is 10.5. The summed E-state index contributed by atoms with van der Waals surface area (Å²) in [6.45, 7) is 1.39. The molecule has 0 unspecified atom stereocenters. The van der Waals surface area contributed by atoms with Crippen LogP contribution in [0.5, 0.6) is 0 Å². The molecular formula is C13H11N3O4. The molecule has 0 aliphatic carbocycles. The molecule has 0 radical (unpaired) electrons. The molecule has 1 heterocycles. The molecule has 2 rings (SSSR count). The number of benzene rings is 1. The van der Waals surface area contributed by atoms with Crippen molar-refractivity contribution in [3.8, 4) is 0 Å². The number of nitro groups is 1. The van der Waals surface area contributed by atoms with E-state index in [4.69, 9.17) is 0 Å². The summed E-state index contributed by atoms with van der Waals surface area (Å²) in [6, 6.07) is 8.48. The summed E-state index contributed by atoms with van der Waals surface area (Å²) in [6.07, 6.45) is 0. The molecule has 102 valence electrons. The van der Waals surface area contributed by atoms with Crippen LogP contribution in [0.2, 0.25) is 0 Å². The van der Waals surface area contributed by atoms with Crippen molar-refractivity contribution in [2.75, 3.05) is 5.32 Å². The smallest absolute Gasteiger partial charge is 0.272 e. The Morgan fingerprint density at radius 1 is 1.10 bits per heavy atom. The quantitative estimate of drug-likeness (QED) is 0.506. The van der Waals surface area contributed by atoms with Crippen LogP contribution in [0.1, 0.15) is 27.9 Å². The molecule has 7 heteroatoms. The number of H-pyrrole nitrogens is 1. The molecule has 2 N–H and O–H groups in total. The molecule has 1 aromatic carbocycles. The minimum absolute atomic E-state index is 0.0539. The highest BCUT2D eigenvalue weighted by Crippen LogP contribution is 2.16. The third-order valence-corrected chi connectivity index (χ3v) is 2.65. The molecule has 0 fully saturated rings. The van der Waals surface area contributed by atoms with Crippen molar-refractivity contribution < 1.29 is 14.5 Å². The van der Waals surface area contributed by atoms with E-state index < -0.39 is 10.8 Å². The summed E-state index contributed by atoms with van der Waals surface area (Å²) in [5.74, 6) is -0.592. The maximum atomic E-state index is 11.9. The number of non-ortho nitro benzene ring substituents is 1. The lowest BCUT2D eigenvalue weighted by atomic mass is 10.3. The number of carbonyl (C=O) groups is 2. The number of hydrogen-bond acceptors (Lipinski definition) is 4. The fraction of sp³-hybridized carbons (Fsp3) is 0.0769. The summed E-state index contributed by atoms with van der Waals surface area (Å²) in [5.41, 5.74) is 0.966. The average molecular weight is 273 g/mol. The first kappa shape index (κ1) is 13.5. The molecule has 2 aromatic rings. The van der Waals surface area contributed by atoms with Crippen molar-refractivity contribution in [2.24, 2.45) is 0 Å². The number of aromatic amines is 1. The Balaban J connectivity index is 2.10. The van der Waals surface area contributed by atoms with Gasteiger partial charge in [0.1, 0.15) is 5.69 Å². The lowest BCUT2D eigenvalue weighted by molar-refractivity contribution is -0.384. The van der Waals surface area contributed by atoms with Gasteiger partial charge in [-0.3, -0.25) is 19.7 Å². The zero-order valence-corrected chi connectivity index (χ0v) is 10.5. The van der Waals surface area contributed by atoms with Gasteiger partial charge in [-0.25, -0.2) is 0 Å². The third kappa shape index (κ3) is 2.89. The molecule has 0 atom stereocenters. The number of rotatable bonds is 4. The molecular weight excluding hydrogens is 262 g/mol. The van der Waals surface area contributed by atoms with Crippen LogP contribution in [-0.4, -0.2) is 21.6 Å². The summed E-state index contributed by atoms with van der Waals surface area (Å²) >= 11 is 0. The Kier molecular flexibility index (Phi) is 3.60. The first-order valence-electron chi connectivity index (χ1n) is 5.73. The van der Waals surface area contributed by atoms with Gasteiger partial charge >= 0.3 is 0 Å². The van der Waals surface area contributed by atoms with E-state index in [9.17, 15) is 19.7 Å². The van der Waals surface area contributed by atoms with Crippen LogP contribution in [0, 0.1) is 10.1 Å².